The fraction of sp³-hybridized carbons (Fsp3) is 0.222. The largest absolute Gasteiger partial charge is 0.507 e. The summed E-state index contributed by atoms with van der Waals surface area (Å²) < 4.78 is 27.0. The van der Waals surface area contributed by atoms with Gasteiger partial charge in [-0.1, -0.05) is 6.92 Å². The molecule has 0 saturated heterocycles. The van der Waals surface area contributed by atoms with Gasteiger partial charge in [0.05, 0.1) is 28.7 Å². The van der Waals surface area contributed by atoms with Crippen molar-refractivity contribution >= 4 is 28.2 Å². The molecule has 4 N–H and O–H groups in total. The van der Waals surface area contributed by atoms with Gasteiger partial charge >= 0.3 is 5.97 Å². The van der Waals surface area contributed by atoms with Crippen molar-refractivity contribution in [3.05, 3.63) is 53.3 Å². The number of phenols is 1. The SMILES string of the molecule is CC[C@@H](C=O)NC(=O)c1ccc(CNS(=O)(=O)c2ccc(O)c(C(=O)O)c2)nc1. The number of amides is 1. The highest BCUT2D eigenvalue weighted by atomic mass is 32.2. The lowest BCUT2D eigenvalue weighted by Gasteiger charge is -2.11. The Balaban J connectivity index is 2.07. The molecule has 0 aliphatic heterocycles. The van der Waals surface area contributed by atoms with Gasteiger partial charge in [0.1, 0.15) is 17.6 Å². The summed E-state index contributed by atoms with van der Waals surface area (Å²) >= 11 is 0. The Hall–Kier alpha value is -3.31. The Morgan fingerprint density at radius 2 is 1.97 bits per heavy atom. The number of aldehydes is 1. The Morgan fingerprint density at radius 1 is 1.24 bits per heavy atom. The average Bonchev–Trinajstić information content (AvgIpc) is 2.70. The van der Waals surface area contributed by atoms with Crippen LogP contribution >= 0.6 is 0 Å². The van der Waals surface area contributed by atoms with E-state index in [2.05, 4.69) is 15.0 Å². The summed E-state index contributed by atoms with van der Waals surface area (Å²) in [6.45, 7) is 1.54. The third kappa shape index (κ3) is 5.59. The van der Waals surface area contributed by atoms with Crippen LogP contribution in [0.3, 0.4) is 0 Å². The number of sulfonamides is 1. The highest BCUT2D eigenvalue weighted by Gasteiger charge is 2.19. The number of benzene rings is 1. The van der Waals surface area contributed by atoms with Crippen molar-refractivity contribution in [1.82, 2.24) is 15.0 Å². The molecule has 11 heteroatoms. The minimum absolute atomic E-state index is 0.209. The Labute approximate surface area is 166 Å². The van der Waals surface area contributed by atoms with Crippen LogP contribution in [0.1, 0.15) is 39.8 Å². The van der Waals surface area contributed by atoms with Crippen LogP contribution < -0.4 is 10.0 Å². The number of aromatic carboxylic acids is 1. The molecule has 1 aromatic heterocycles. The lowest BCUT2D eigenvalue weighted by molar-refractivity contribution is -0.109. The van der Waals surface area contributed by atoms with E-state index in [0.717, 1.165) is 18.2 Å². The van der Waals surface area contributed by atoms with Crippen molar-refractivity contribution < 1.29 is 33.0 Å². The number of carboxylic acids is 1. The number of aromatic hydroxyl groups is 1. The topological polar surface area (TPSA) is 163 Å². The maximum atomic E-state index is 12.3. The Bertz CT molecular complexity index is 1020. The first-order chi connectivity index (χ1) is 13.7. The Kier molecular flexibility index (Phi) is 7.02. The maximum absolute atomic E-state index is 12.3. The molecule has 2 aromatic rings. The summed E-state index contributed by atoms with van der Waals surface area (Å²) in [5.74, 6) is -2.49. The standard InChI is InChI=1S/C18H19N3O7S/c1-2-12(10-22)21-17(24)11-3-4-13(19-8-11)9-20-29(27,28)14-5-6-16(23)15(7-14)18(25)26/h3-8,10,12,20,23H,2,9H2,1H3,(H,21,24)(H,25,26)/t12-/m0/s1. The first-order valence-electron chi connectivity index (χ1n) is 8.45. The number of hydrogen-bond acceptors (Lipinski definition) is 7. The van der Waals surface area contributed by atoms with Crippen LogP contribution in [0.15, 0.2) is 41.4 Å². The number of nitrogens with zero attached hydrogens (tertiary/aromatic N) is 1. The summed E-state index contributed by atoms with van der Waals surface area (Å²) in [6, 6.07) is 5.17. The van der Waals surface area contributed by atoms with E-state index in [1.54, 1.807) is 6.92 Å². The normalized spacial score (nSPS) is 12.2. The van der Waals surface area contributed by atoms with Gasteiger partial charge in [-0.3, -0.25) is 9.78 Å². The number of carbonyl (C=O) groups excluding carboxylic acids is 2. The fourth-order valence-corrected chi connectivity index (χ4v) is 3.28. The van der Waals surface area contributed by atoms with Crippen LogP contribution in [-0.4, -0.2) is 47.8 Å². The predicted octanol–water partition coefficient (Wildman–Crippen LogP) is 0.671. The summed E-state index contributed by atoms with van der Waals surface area (Å²) in [4.78, 5) is 37.5. The molecule has 0 bridgehead atoms. The molecule has 0 aliphatic carbocycles. The second kappa shape index (κ2) is 9.26. The third-order valence-electron chi connectivity index (χ3n) is 3.96. The zero-order chi connectivity index (χ0) is 21.6. The van der Waals surface area contributed by atoms with E-state index in [0.29, 0.717) is 18.4 Å². The van der Waals surface area contributed by atoms with Gasteiger partial charge in [-0.05, 0) is 36.8 Å². The van der Waals surface area contributed by atoms with Gasteiger partial charge in [0.2, 0.25) is 10.0 Å². The molecule has 154 valence electrons. The number of nitrogens with one attached hydrogen (secondary N) is 2. The fourth-order valence-electron chi connectivity index (χ4n) is 2.25. The number of carbonyl (C=O) groups is 3. The van der Waals surface area contributed by atoms with Crippen molar-refractivity contribution in [3.63, 3.8) is 0 Å². The molecular weight excluding hydrogens is 402 g/mol. The molecule has 0 fully saturated rings. The van der Waals surface area contributed by atoms with Crippen LogP contribution in [0.25, 0.3) is 0 Å². The van der Waals surface area contributed by atoms with Crippen molar-refractivity contribution in [1.29, 1.82) is 0 Å². The second-order valence-electron chi connectivity index (χ2n) is 5.97. The number of pyridine rings is 1. The molecule has 0 aliphatic rings. The molecule has 0 spiro atoms. The lowest BCUT2D eigenvalue weighted by atomic mass is 10.2. The lowest BCUT2D eigenvalue weighted by Crippen LogP contribution is -2.35. The summed E-state index contributed by atoms with van der Waals surface area (Å²) in [7, 11) is -4.06. The monoisotopic (exact) mass is 421 g/mol. The van der Waals surface area contributed by atoms with Crippen LogP contribution in [0.4, 0.5) is 0 Å². The third-order valence-corrected chi connectivity index (χ3v) is 5.36. The van der Waals surface area contributed by atoms with Crippen LogP contribution in [0, 0.1) is 0 Å². The van der Waals surface area contributed by atoms with Crippen molar-refractivity contribution in [3.8, 4) is 5.75 Å². The zero-order valence-electron chi connectivity index (χ0n) is 15.3. The van der Waals surface area contributed by atoms with Crippen molar-refractivity contribution in [2.45, 2.75) is 30.8 Å². The number of carboxylic acid groups (broad SMARTS) is 1. The van der Waals surface area contributed by atoms with Crippen LogP contribution in [0.2, 0.25) is 0 Å². The number of hydrogen-bond donors (Lipinski definition) is 4. The van der Waals surface area contributed by atoms with E-state index in [4.69, 9.17) is 5.11 Å². The molecule has 10 nitrogen and oxygen atoms in total. The summed E-state index contributed by atoms with van der Waals surface area (Å²) in [5, 5.41) is 21.0. The molecule has 1 amide bonds. The van der Waals surface area contributed by atoms with E-state index >= 15 is 0 Å². The molecule has 0 radical (unpaired) electrons. The number of aromatic nitrogens is 1. The minimum atomic E-state index is -4.06. The first kappa shape index (κ1) is 22.0. The quantitative estimate of drug-likeness (QED) is 0.429. The van der Waals surface area contributed by atoms with Crippen molar-refractivity contribution in [2.75, 3.05) is 0 Å². The van der Waals surface area contributed by atoms with Gasteiger partial charge in [0.25, 0.3) is 5.91 Å². The van der Waals surface area contributed by atoms with E-state index in [1.165, 1.54) is 18.3 Å². The molecule has 0 unspecified atom stereocenters. The summed E-state index contributed by atoms with van der Waals surface area (Å²) in [5.41, 5.74) is -0.0200. The van der Waals surface area contributed by atoms with Crippen LogP contribution in [0.5, 0.6) is 5.75 Å². The predicted molar refractivity (Wildman–Crippen MR) is 101 cm³/mol. The van der Waals surface area contributed by atoms with E-state index in [-0.39, 0.29) is 17.0 Å². The first-order valence-corrected chi connectivity index (χ1v) is 9.93. The van der Waals surface area contributed by atoms with E-state index in [1.807, 2.05) is 0 Å². The average molecular weight is 421 g/mol. The molecule has 2 rings (SSSR count). The molecule has 1 aromatic carbocycles. The van der Waals surface area contributed by atoms with E-state index in [9.17, 15) is 27.9 Å². The van der Waals surface area contributed by atoms with Gasteiger partial charge in [-0.25, -0.2) is 17.9 Å². The van der Waals surface area contributed by atoms with Gasteiger partial charge in [0.15, 0.2) is 0 Å². The smallest absolute Gasteiger partial charge is 0.339 e. The van der Waals surface area contributed by atoms with Gasteiger partial charge < -0.3 is 20.3 Å². The summed E-state index contributed by atoms with van der Waals surface area (Å²) in [6.07, 6.45) is 2.33. The minimum Gasteiger partial charge on any atom is -0.507 e. The molecule has 1 atom stereocenters. The maximum Gasteiger partial charge on any atom is 0.339 e. The zero-order valence-corrected chi connectivity index (χ0v) is 16.1. The Morgan fingerprint density at radius 3 is 2.52 bits per heavy atom. The van der Waals surface area contributed by atoms with Crippen LogP contribution in [-0.2, 0) is 21.4 Å². The highest BCUT2D eigenvalue weighted by molar-refractivity contribution is 7.89. The molecule has 29 heavy (non-hydrogen) atoms. The van der Waals surface area contributed by atoms with Gasteiger partial charge in [-0.2, -0.15) is 0 Å². The van der Waals surface area contributed by atoms with Crippen molar-refractivity contribution in [2.24, 2.45) is 0 Å². The number of rotatable bonds is 9. The molecule has 1 heterocycles. The molecule has 0 saturated carbocycles. The highest BCUT2D eigenvalue weighted by Crippen LogP contribution is 2.21. The van der Waals surface area contributed by atoms with E-state index < -0.39 is 39.3 Å². The second-order valence-corrected chi connectivity index (χ2v) is 7.74. The van der Waals surface area contributed by atoms with Gasteiger partial charge in [-0.15, -0.1) is 0 Å². The van der Waals surface area contributed by atoms with Gasteiger partial charge in [0, 0.05) is 6.20 Å². The molecular formula is C18H19N3O7S.